The van der Waals surface area contributed by atoms with Crippen LogP contribution in [0.2, 0.25) is 0 Å². The molecule has 88 valence electrons. The molecule has 17 heavy (non-hydrogen) atoms. The summed E-state index contributed by atoms with van der Waals surface area (Å²) in [5.41, 5.74) is 4.42. The molecule has 5 nitrogen and oxygen atoms in total. The third-order valence-corrected chi connectivity index (χ3v) is 2.29. The fourth-order valence-corrected chi connectivity index (χ4v) is 1.32. The number of aromatic nitrogens is 2. The summed E-state index contributed by atoms with van der Waals surface area (Å²) in [4.78, 5) is 8.12. The molecular weight excluding hydrogens is 216 g/mol. The molecule has 0 amide bonds. The Morgan fingerprint density at radius 2 is 1.88 bits per heavy atom. The molecule has 3 N–H and O–H groups in total. The minimum atomic E-state index is 0.331. The lowest BCUT2D eigenvalue weighted by molar-refractivity contribution is 0.458. The maximum absolute atomic E-state index is 5.66. The summed E-state index contributed by atoms with van der Waals surface area (Å²) in [5, 5.41) is 0. The van der Waals surface area contributed by atoms with Gasteiger partial charge in [0.2, 0.25) is 11.8 Å². The highest BCUT2D eigenvalue weighted by Crippen LogP contribution is 2.23. The maximum Gasteiger partial charge on any atom is 0.240 e. The zero-order chi connectivity index (χ0) is 12.3. The van der Waals surface area contributed by atoms with Gasteiger partial charge >= 0.3 is 0 Å². The van der Waals surface area contributed by atoms with Crippen LogP contribution in [0.25, 0.3) is 0 Å². The van der Waals surface area contributed by atoms with Crippen molar-refractivity contribution in [3.05, 3.63) is 41.6 Å². The van der Waals surface area contributed by atoms with Gasteiger partial charge in [-0.25, -0.2) is 10.8 Å². The van der Waals surface area contributed by atoms with Crippen LogP contribution in [0.4, 0.5) is 5.95 Å². The molecule has 0 saturated carbocycles. The zero-order valence-electron chi connectivity index (χ0n) is 9.77. The number of rotatable bonds is 3. The van der Waals surface area contributed by atoms with Crippen LogP contribution in [0.15, 0.2) is 30.5 Å². The Bertz CT molecular complexity index is 510. The monoisotopic (exact) mass is 230 g/mol. The van der Waals surface area contributed by atoms with Gasteiger partial charge in [0.05, 0.1) is 0 Å². The van der Waals surface area contributed by atoms with E-state index in [1.807, 2.05) is 38.1 Å². The Morgan fingerprint density at radius 1 is 1.18 bits per heavy atom. The number of anilines is 1. The van der Waals surface area contributed by atoms with E-state index < -0.39 is 0 Å². The molecule has 0 spiro atoms. The van der Waals surface area contributed by atoms with E-state index >= 15 is 0 Å². The molecule has 0 bridgehead atoms. The molecular formula is C12H14N4O. The molecule has 0 aliphatic heterocycles. The molecule has 0 atom stereocenters. The maximum atomic E-state index is 5.66. The van der Waals surface area contributed by atoms with Crippen molar-refractivity contribution in [3.63, 3.8) is 0 Å². The van der Waals surface area contributed by atoms with Gasteiger partial charge in [0.1, 0.15) is 5.75 Å². The van der Waals surface area contributed by atoms with Crippen molar-refractivity contribution in [3.8, 4) is 11.6 Å². The molecule has 2 aromatic rings. The van der Waals surface area contributed by atoms with Crippen molar-refractivity contribution in [2.75, 3.05) is 5.43 Å². The topological polar surface area (TPSA) is 73.1 Å². The zero-order valence-corrected chi connectivity index (χ0v) is 9.77. The van der Waals surface area contributed by atoms with Crippen LogP contribution in [0.5, 0.6) is 11.6 Å². The fourth-order valence-electron chi connectivity index (χ4n) is 1.32. The molecule has 0 unspecified atom stereocenters. The molecule has 0 aliphatic carbocycles. The van der Waals surface area contributed by atoms with E-state index in [-0.39, 0.29) is 0 Å². The molecule has 2 rings (SSSR count). The first-order chi connectivity index (χ1) is 8.19. The Labute approximate surface area is 99.6 Å². The average molecular weight is 230 g/mol. The Kier molecular flexibility index (Phi) is 3.20. The predicted octanol–water partition coefficient (Wildman–Crippen LogP) is 2.17. The fraction of sp³-hybridized carbons (Fsp3) is 0.167. The molecule has 0 saturated heterocycles. The Morgan fingerprint density at radius 3 is 2.53 bits per heavy atom. The van der Waals surface area contributed by atoms with Gasteiger partial charge in [-0.3, -0.25) is 5.43 Å². The van der Waals surface area contributed by atoms with E-state index in [1.165, 1.54) is 5.56 Å². The van der Waals surface area contributed by atoms with Gasteiger partial charge in [-0.2, -0.15) is 4.98 Å². The van der Waals surface area contributed by atoms with Crippen LogP contribution in [-0.2, 0) is 0 Å². The van der Waals surface area contributed by atoms with Crippen LogP contribution < -0.4 is 16.0 Å². The molecule has 0 radical (unpaired) electrons. The van der Waals surface area contributed by atoms with E-state index in [9.17, 15) is 0 Å². The number of nitrogens with two attached hydrogens (primary N) is 1. The van der Waals surface area contributed by atoms with Crippen molar-refractivity contribution in [1.82, 2.24) is 9.97 Å². The van der Waals surface area contributed by atoms with Crippen molar-refractivity contribution < 1.29 is 4.74 Å². The quantitative estimate of drug-likeness (QED) is 0.624. The highest BCUT2D eigenvalue weighted by atomic mass is 16.5. The van der Waals surface area contributed by atoms with Gasteiger partial charge in [-0.1, -0.05) is 17.7 Å². The molecule has 0 aliphatic rings. The number of nitrogen functional groups attached to an aromatic ring is 1. The second kappa shape index (κ2) is 4.80. The summed E-state index contributed by atoms with van der Waals surface area (Å²) in [6.07, 6.45) is 1.66. The Balaban J connectivity index is 2.25. The molecule has 0 fully saturated rings. The van der Waals surface area contributed by atoms with Gasteiger partial charge in [0.15, 0.2) is 0 Å². The number of ether oxygens (including phenoxy) is 1. The predicted molar refractivity (Wildman–Crippen MR) is 65.8 cm³/mol. The highest BCUT2D eigenvalue weighted by Gasteiger charge is 2.05. The summed E-state index contributed by atoms with van der Waals surface area (Å²) in [6, 6.07) is 7.75. The smallest absolute Gasteiger partial charge is 0.240 e. The van der Waals surface area contributed by atoms with Gasteiger partial charge < -0.3 is 4.74 Å². The van der Waals surface area contributed by atoms with Crippen LogP contribution in [-0.4, -0.2) is 9.97 Å². The van der Waals surface area contributed by atoms with E-state index in [2.05, 4.69) is 15.4 Å². The number of hydrogen-bond acceptors (Lipinski definition) is 5. The number of hydrogen-bond donors (Lipinski definition) is 2. The third-order valence-electron chi connectivity index (χ3n) is 2.29. The lowest BCUT2D eigenvalue weighted by Crippen LogP contribution is -2.11. The first-order valence-electron chi connectivity index (χ1n) is 5.24. The largest absolute Gasteiger partial charge is 0.439 e. The van der Waals surface area contributed by atoms with Gasteiger partial charge in [-0.05, 0) is 26.0 Å². The summed E-state index contributed by atoms with van der Waals surface area (Å²) in [5.74, 6) is 6.82. The molecule has 1 aromatic carbocycles. The lowest BCUT2D eigenvalue weighted by Gasteiger charge is -2.08. The SMILES string of the molecule is Cc1ccc(Oc2nc(NN)ncc2C)cc1. The third kappa shape index (κ3) is 2.70. The van der Waals surface area contributed by atoms with Crippen LogP contribution in [0.3, 0.4) is 0 Å². The number of benzene rings is 1. The van der Waals surface area contributed by atoms with Crippen LogP contribution in [0.1, 0.15) is 11.1 Å². The average Bonchev–Trinajstić information content (AvgIpc) is 2.35. The van der Waals surface area contributed by atoms with E-state index in [1.54, 1.807) is 6.20 Å². The number of nitrogens with zero attached hydrogens (tertiary/aromatic N) is 2. The van der Waals surface area contributed by atoms with E-state index in [4.69, 9.17) is 10.6 Å². The standard InChI is InChI=1S/C12H14N4O/c1-8-3-5-10(6-4-8)17-11-9(2)7-14-12(15-11)16-13/h3-7H,13H2,1-2H3,(H,14,15,16). The van der Waals surface area contributed by atoms with Crippen molar-refractivity contribution in [1.29, 1.82) is 0 Å². The summed E-state index contributed by atoms with van der Waals surface area (Å²) < 4.78 is 5.66. The van der Waals surface area contributed by atoms with Gasteiger partial charge in [0, 0.05) is 11.8 Å². The summed E-state index contributed by atoms with van der Waals surface area (Å²) in [6.45, 7) is 3.90. The highest BCUT2D eigenvalue weighted by molar-refractivity contribution is 5.36. The first-order valence-corrected chi connectivity index (χ1v) is 5.24. The molecule has 1 aromatic heterocycles. The Hall–Kier alpha value is -2.14. The number of aryl methyl sites for hydroxylation is 2. The van der Waals surface area contributed by atoms with Gasteiger partial charge in [-0.15, -0.1) is 0 Å². The first kappa shape index (κ1) is 11.3. The lowest BCUT2D eigenvalue weighted by atomic mass is 10.2. The van der Waals surface area contributed by atoms with Crippen molar-refractivity contribution >= 4 is 5.95 Å². The number of nitrogens with one attached hydrogen (secondary N) is 1. The molecule has 5 heteroatoms. The number of hydrazine groups is 1. The van der Waals surface area contributed by atoms with Gasteiger partial charge in [0.25, 0.3) is 0 Å². The van der Waals surface area contributed by atoms with Crippen molar-refractivity contribution in [2.24, 2.45) is 5.84 Å². The van der Waals surface area contributed by atoms with Crippen LogP contribution >= 0.6 is 0 Å². The van der Waals surface area contributed by atoms with Crippen LogP contribution in [0, 0.1) is 13.8 Å². The van der Waals surface area contributed by atoms with E-state index in [0.717, 1.165) is 11.3 Å². The summed E-state index contributed by atoms with van der Waals surface area (Å²) >= 11 is 0. The van der Waals surface area contributed by atoms with E-state index in [0.29, 0.717) is 11.8 Å². The van der Waals surface area contributed by atoms with Crippen molar-refractivity contribution in [2.45, 2.75) is 13.8 Å². The minimum absolute atomic E-state index is 0.331. The summed E-state index contributed by atoms with van der Waals surface area (Å²) in [7, 11) is 0. The molecule has 1 heterocycles. The second-order valence-corrected chi connectivity index (χ2v) is 3.74. The minimum Gasteiger partial charge on any atom is -0.439 e. The second-order valence-electron chi connectivity index (χ2n) is 3.74. The normalized spacial score (nSPS) is 10.1.